The molecular weight excluding hydrogens is 813 g/mol. The van der Waals surface area contributed by atoms with Crippen molar-refractivity contribution in [2.75, 3.05) is 33.0 Å². The van der Waals surface area contributed by atoms with Gasteiger partial charge in [-0.2, -0.15) is 0 Å². The lowest BCUT2D eigenvalue weighted by Gasteiger charge is -2.42. The normalized spacial score (nSPS) is 27.1. The third-order valence-electron chi connectivity index (χ3n) is 12.0. The summed E-state index contributed by atoms with van der Waals surface area (Å²) in [6.45, 7) is 3.66. The molecule has 14 heteroatoms. The van der Waals surface area contributed by atoms with Crippen LogP contribution in [-0.4, -0.2) is 142 Å². The highest BCUT2D eigenvalue weighted by Gasteiger charge is 2.47. The Morgan fingerprint density at radius 2 is 0.984 bits per heavy atom. The first kappa shape index (κ1) is 57.6. The zero-order valence-electron chi connectivity index (χ0n) is 39.1. The van der Waals surface area contributed by atoms with E-state index in [1.807, 2.05) is 0 Å². The lowest BCUT2D eigenvalue weighted by molar-refractivity contribution is -0.332. The van der Waals surface area contributed by atoms with Crippen LogP contribution in [0.4, 0.5) is 0 Å². The maximum atomic E-state index is 13.0. The Bertz CT molecular complexity index is 1140. The molecule has 370 valence electrons. The van der Waals surface area contributed by atoms with Gasteiger partial charge in [0.25, 0.3) is 0 Å². The Morgan fingerprint density at radius 3 is 1.54 bits per heavy atom. The SMILES string of the molecule is CCCCCC/C=C\C/C=C\CCCCCCCCCC(=O)OC(COCCCCCCCCCCCCC)COC1OC(COC2OC(CO)C(O)C(O)C2O)C(O)C(O)C1O. The monoisotopic (exact) mass is 903 g/mol. The number of aliphatic hydroxyl groups excluding tert-OH is 7. The summed E-state index contributed by atoms with van der Waals surface area (Å²) in [6, 6.07) is 0. The Morgan fingerprint density at radius 1 is 0.524 bits per heavy atom. The molecule has 14 nitrogen and oxygen atoms in total. The number of carbonyl (C=O) groups is 1. The third kappa shape index (κ3) is 25.8. The molecule has 0 amide bonds. The predicted octanol–water partition coefficient (Wildman–Crippen LogP) is 6.85. The number of allylic oxidation sites excluding steroid dienone is 4. The van der Waals surface area contributed by atoms with Crippen LogP contribution < -0.4 is 0 Å². The van der Waals surface area contributed by atoms with E-state index < -0.39 is 80.7 Å². The second-order valence-corrected chi connectivity index (χ2v) is 17.6. The van der Waals surface area contributed by atoms with Crippen LogP contribution in [0.15, 0.2) is 24.3 Å². The highest BCUT2D eigenvalue weighted by atomic mass is 16.7. The summed E-state index contributed by atoms with van der Waals surface area (Å²) in [6.07, 6.45) is 22.4. The molecule has 0 saturated carbocycles. The number of ether oxygens (including phenoxy) is 6. The van der Waals surface area contributed by atoms with Crippen molar-refractivity contribution in [3.63, 3.8) is 0 Å². The molecule has 11 atom stereocenters. The average molecular weight is 903 g/mol. The van der Waals surface area contributed by atoms with Crippen molar-refractivity contribution >= 4 is 5.97 Å². The fourth-order valence-electron chi connectivity index (χ4n) is 7.84. The molecule has 2 fully saturated rings. The minimum absolute atomic E-state index is 0.0617. The molecule has 0 spiro atoms. The van der Waals surface area contributed by atoms with E-state index in [0.717, 1.165) is 51.4 Å². The van der Waals surface area contributed by atoms with Gasteiger partial charge in [0.15, 0.2) is 12.6 Å². The number of esters is 1. The molecule has 7 N–H and O–H groups in total. The maximum Gasteiger partial charge on any atom is 0.306 e. The van der Waals surface area contributed by atoms with Gasteiger partial charge in [-0.25, -0.2) is 0 Å². The van der Waals surface area contributed by atoms with Crippen molar-refractivity contribution in [3.05, 3.63) is 24.3 Å². The Balaban J connectivity index is 1.77. The molecule has 0 aromatic heterocycles. The molecular formula is C49H90O14. The molecule has 2 saturated heterocycles. The number of aliphatic hydroxyl groups is 7. The largest absolute Gasteiger partial charge is 0.457 e. The van der Waals surface area contributed by atoms with E-state index in [-0.39, 0.29) is 25.6 Å². The van der Waals surface area contributed by atoms with E-state index in [1.165, 1.54) is 103 Å². The van der Waals surface area contributed by atoms with Gasteiger partial charge in [0, 0.05) is 13.0 Å². The molecule has 0 aromatic carbocycles. The average Bonchev–Trinajstić information content (AvgIpc) is 3.28. The van der Waals surface area contributed by atoms with Gasteiger partial charge in [0.2, 0.25) is 0 Å². The maximum absolute atomic E-state index is 13.0. The summed E-state index contributed by atoms with van der Waals surface area (Å²) in [7, 11) is 0. The van der Waals surface area contributed by atoms with E-state index in [9.17, 15) is 40.5 Å². The summed E-state index contributed by atoms with van der Waals surface area (Å²) in [5.41, 5.74) is 0. The third-order valence-corrected chi connectivity index (χ3v) is 12.0. The predicted molar refractivity (Wildman–Crippen MR) is 243 cm³/mol. The second-order valence-electron chi connectivity index (χ2n) is 17.6. The van der Waals surface area contributed by atoms with Gasteiger partial charge >= 0.3 is 5.97 Å². The number of carbonyl (C=O) groups excluding carboxylic acids is 1. The standard InChI is InChI=1S/C49H90O14/c1-3-5-7-9-11-13-15-16-17-18-19-20-21-22-24-26-28-30-32-41(51)61-38(35-58-33-31-29-27-25-23-14-12-10-8-6-4-2)36-59-48-47(57)45(55)43(53)40(63-48)37-60-49-46(56)44(54)42(52)39(34-50)62-49/h13,15,17-18,38-40,42-50,52-57H,3-12,14,16,19-37H2,1-2H3/b15-13-,18-17-. The van der Waals surface area contributed by atoms with Crippen molar-refractivity contribution < 1.29 is 69.0 Å². The lowest BCUT2D eigenvalue weighted by atomic mass is 9.98. The van der Waals surface area contributed by atoms with E-state index in [0.29, 0.717) is 13.0 Å². The molecule has 0 aliphatic carbocycles. The van der Waals surface area contributed by atoms with Crippen LogP contribution in [0.3, 0.4) is 0 Å². The summed E-state index contributed by atoms with van der Waals surface area (Å²) in [5, 5.41) is 72.0. The van der Waals surface area contributed by atoms with Gasteiger partial charge < -0.3 is 64.2 Å². The molecule has 2 rings (SSSR count). The van der Waals surface area contributed by atoms with Crippen LogP contribution in [0.2, 0.25) is 0 Å². The molecule has 0 radical (unpaired) electrons. The second kappa shape index (κ2) is 37.5. The topological polar surface area (TPSA) is 214 Å². The van der Waals surface area contributed by atoms with Crippen molar-refractivity contribution in [3.8, 4) is 0 Å². The van der Waals surface area contributed by atoms with Crippen molar-refractivity contribution in [1.29, 1.82) is 0 Å². The highest BCUT2D eigenvalue weighted by molar-refractivity contribution is 5.69. The van der Waals surface area contributed by atoms with Crippen LogP contribution in [0, 0.1) is 0 Å². The van der Waals surface area contributed by atoms with E-state index in [4.69, 9.17) is 28.4 Å². The summed E-state index contributed by atoms with van der Waals surface area (Å²) >= 11 is 0. The minimum atomic E-state index is -1.70. The molecule has 2 aliphatic rings. The zero-order valence-corrected chi connectivity index (χ0v) is 39.1. The molecule has 11 unspecified atom stereocenters. The van der Waals surface area contributed by atoms with E-state index >= 15 is 0 Å². The van der Waals surface area contributed by atoms with Gasteiger partial charge in [-0.05, 0) is 44.9 Å². The number of hydrogen-bond donors (Lipinski definition) is 7. The molecule has 0 bridgehead atoms. The van der Waals surface area contributed by atoms with Gasteiger partial charge in [0.1, 0.15) is 54.9 Å². The first-order valence-electron chi connectivity index (χ1n) is 24.9. The van der Waals surface area contributed by atoms with Crippen molar-refractivity contribution in [1.82, 2.24) is 0 Å². The van der Waals surface area contributed by atoms with Gasteiger partial charge in [-0.3, -0.25) is 4.79 Å². The molecule has 2 aliphatic heterocycles. The van der Waals surface area contributed by atoms with Crippen LogP contribution >= 0.6 is 0 Å². The van der Waals surface area contributed by atoms with Crippen LogP contribution in [-0.2, 0) is 33.2 Å². The molecule has 2 heterocycles. The van der Waals surface area contributed by atoms with Gasteiger partial charge in [-0.1, -0.05) is 154 Å². The molecule has 0 aromatic rings. The number of rotatable bonds is 39. The Kier molecular flexibility index (Phi) is 34.3. The minimum Gasteiger partial charge on any atom is -0.457 e. The van der Waals surface area contributed by atoms with Crippen molar-refractivity contribution in [2.45, 2.75) is 248 Å². The fourth-order valence-corrected chi connectivity index (χ4v) is 7.84. The zero-order chi connectivity index (χ0) is 45.9. The van der Waals surface area contributed by atoms with Crippen LogP contribution in [0.25, 0.3) is 0 Å². The Labute approximate surface area is 379 Å². The van der Waals surface area contributed by atoms with Crippen LogP contribution in [0.1, 0.15) is 181 Å². The first-order chi connectivity index (χ1) is 30.6. The highest BCUT2D eigenvalue weighted by Crippen LogP contribution is 2.26. The number of unbranched alkanes of at least 4 members (excludes halogenated alkanes) is 21. The number of hydrogen-bond acceptors (Lipinski definition) is 14. The summed E-state index contributed by atoms with van der Waals surface area (Å²) in [5.74, 6) is -0.383. The molecule has 63 heavy (non-hydrogen) atoms. The van der Waals surface area contributed by atoms with Gasteiger partial charge in [-0.15, -0.1) is 0 Å². The van der Waals surface area contributed by atoms with E-state index in [1.54, 1.807) is 0 Å². The summed E-state index contributed by atoms with van der Waals surface area (Å²) < 4.78 is 34.2. The first-order valence-corrected chi connectivity index (χ1v) is 24.9. The smallest absolute Gasteiger partial charge is 0.306 e. The van der Waals surface area contributed by atoms with Crippen LogP contribution in [0.5, 0.6) is 0 Å². The summed E-state index contributed by atoms with van der Waals surface area (Å²) in [4.78, 5) is 13.0. The lowest BCUT2D eigenvalue weighted by Crippen LogP contribution is -2.61. The quantitative estimate of drug-likeness (QED) is 0.0191. The Hall–Kier alpha value is -1.53. The van der Waals surface area contributed by atoms with Gasteiger partial charge in [0.05, 0.1) is 26.4 Å². The van der Waals surface area contributed by atoms with E-state index in [2.05, 4.69) is 38.2 Å². The van der Waals surface area contributed by atoms with Crippen molar-refractivity contribution in [2.24, 2.45) is 0 Å². The fraction of sp³-hybridized carbons (Fsp3) is 0.898.